The van der Waals surface area contributed by atoms with Crippen molar-refractivity contribution in [1.29, 1.82) is 0 Å². The molecule has 84 valence electrons. The molecule has 0 saturated heterocycles. The predicted octanol–water partition coefficient (Wildman–Crippen LogP) is 0.399. The summed E-state index contributed by atoms with van der Waals surface area (Å²) in [4.78, 5) is 25.6. The summed E-state index contributed by atoms with van der Waals surface area (Å²) in [6.07, 6.45) is 0.488. The summed E-state index contributed by atoms with van der Waals surface area (Å²) in [5, 5.41) is 0.126. The Morgan fingerprint density at radius 3 is 2.67 bits per heavy atom. The lowest BCUT2D eigenvalue weighted by atomic mass is 10.2. The van der Waals surface area contributed by atoms with Gasteiger partial charge in [0.15, 0.2) is 0 Å². The Labute approximate surface area is 91.6 Å². The molecule has 0 aliphatic carbocycles. The minimum atomic E-state index is -0.501. The highest BCUT2D eigenvalue weighted by molar-refractivity contribution is 6.30. The number of nitrogens with zero attached hydrogens (tertiary/aromatic N) is 1. The average Bonchev–Trinajstić information content (AvgIpc) is 2.17. The molecule has 0 amide bonds. The zero-order valence-electron chi connectivity index (χ0n) is 8.67. The Bertz CT molecular complexity index is 450. The van der Waals surface area contributed by atoms with Gasteiger partial charge in [0.2, 0.25) is 0 Å². The van der Waals surface area contributed by atoms with Crippen molar-refractivity contribution in [2.45, 2.75) is 19.9 Å². The molecule has 1 aromatic rings. The van der Waals surface area contributed by atoms with E-state index < -0.39 is 5.69 Å². The highest BCUT2D eigenvalue weighted by atomic mass is 35.5. The molecule has 1 aromatic heterocycles. The van der Waals surface area contributed by atoms with Gasteiger partial charge in [0.05, 0.1) is 18.7 Å². The highest BCUT2D eigenvalue weighted by Crippen LogP contribution is 2.05. The molecule has 0 radical (unpaired) electrons. The van der Waals surface area contributed by atoms with Crippen LogP contribution < -0.4 is 11.2 Å². The molecule has 1 heterocycles. The van der Waals surface area contributed by atoms with E-state index in [1.165, 1.54) is 7.11 Å². The van der Waals surface area contributed by atoms with Crippen LogP contribution in [0.4, 0.5) is 0 Å². The zero-order chi connectivity index (χ0) is 11.4. The maximum absolute atomic E-state index is 11.8. The lowest BCUT2D eigenvalue weighted by Crippen LogP contribution is -2.38. The van der Waals surface area contributed by atoms with Crippen LogP contribution in [-0.4, -0.2) is 23.3 Å². The number of H-pyrrole nitrogens is 1. The Hall–Kier alpha value is -1.07. The van der Waals surface area contributed by atoms with Crippen LogP contribution in [0.2, 0.25) is 5.15 Å². The second-order valence-corrected chi connectivity index (χ2v) is 3.40. The molecule has 0 aliphatic rings. The van der Waals surface area contributed by atoms with Gasteiger partial charge < -0.3 is 4.74 Å². The van der Waals surface area contributed by atoms with E-state index in [1.54, 1.807) is 0 Å². The summed E-state index contributed by atoms with van der Waals surface area (Å²) < 4.78 is 5.91. The molecule has 1 rings (SSSR count). The maximum Gasteiger partial charge on any atom is 0.329 e. The molecule has 0 fully saturated rings. The van der Waals surface area contributed by atoms with E-state index in [0.717, 1.165) is 4.57 Å². The third-order valence-electron chi connectivity index (χ3n) is 2.10. The first kappa shape index (κ1) is 12.0. The number of hydrogen-bond donors (Lipinski definition) is 1. The fourth-order valence-electron chi connectivity index (χ4n) is 1.28. The summed E-state index contributed by atoms with van der Waals surface area (Å²) in [6, 6.07) is 0. The first-order valence-corrected chi connectivity index (χ1v) is 5.00. The minimum Gasteiger partial charge on any atom is -0.383 e. The van der Waals surface area contributed by atoms with E-state index >= 15 is 0 Å². The van der Waals surface area contributed by atoms with Crippen molar-refractivity contribution < 1.29 is 4.74 Å². The number of aromatic amines is 1. The summed E-state index contributed by atoms with van der Waals surface area (Å²) in [5.41, 5.74) is -0.421. The number of nitrogens with one attached hydrogen (secondary N) is 1. The van der Waals surface area contributed by atoms with Gasteiger partial charge in [-0.15, -0.1) is 0 Å². The summed E-state index contributed by atoms with van der Waals surface area (Å²) in [5.74, 6) is 0. The van der Waals surface area contributed by atoms with Crippen molar-refractivity contribution in [2.75, 3.05) is 13.7 Å². The number of ether oxygens (including phenoxy) is 1. The number of methoxy groups -OCH3 is 1. The number of halogens is 1. The second kappa shape index (κ2) is 5.14. The summed E-state index contributed by atoms with van der Waals surface area (Å²) in [6.45, 7) is 2.35. The van der Waals surface area contributed by atoms with Crippen LogP contribution >= 0.6 is 11.6 Å². The van der Waals surface area contributed by atoms with E-state index in [1.807, 2.05) is 6.92 Å². The van der Waals surface area contributed by atoms with Crippen LogP contribution in [0, 0.1) is 0 Å². The van der Waals surface area contributed by atoms with E-state index in [4.69, 9.17) is 16.3 Å². The quantitative estimate of drug-likeness (QED) is 0.765. The molecule has 6 heteroatoms. The van der Waals surface area contributed by atoms with Gasteiger partial charge in [0.1, 0.15) is 5.15 Å². The van der Waals surface area contributed by atoms with Crippen LogP contribution in [0.25, 0.3) is 0 Å². The normalized spacial score (nSPS) is 10.6. The molecule has 0 bridgehead atoms. The number of rotatable bonds is 4. The molecule has 0 saturated carbocycles. The van der Waals surface area contributed by atoms with Crippen molar-refractivity contribution in [3.8, 4) is 0 Å². The second-order valence-electron chi connectivity index (χ2n) is 3.03. The van der Waals surface area contributed by atoms with Crippen LogP contribution in [0.5, 0.6) is 0 Å². The van der Waals surface area contributed by atoms with E-state index in [-0.39, 0.29) is 17.3 Å². The Morgan fingerprint density at radius 2 is 2.13 bits per heavy atom. The summed E-state index contributed by atoms with van der Waals surface area (Å²) in [7, 11) is 1.51. The smallest absolute Gasteiger partial charge is 0.329 e. The van der Waals surface area contributed by atoms with Gasteiger partial charge >= 0.3 is 5.69 Å². The molecular formula is C9H13ClN2O3. The third-order valence-corrected chi connectivity index (χ3v) is 2.43. The Kier molecular flexibility index (Phi) is 4.11. The fraction of sp³-hybridized carbons (Fsp3) is 0.556. The van der Waals surface area contributed by atoms with Gasteiger partial charge in [-0.1, -0.05) is 18.5 Å². The van der Waals surface area contributed by atoms with Gasteiger partial charge in [-0.05, 0) is 6.42 Å². The van der Waals surface area contributed by atoms with Crippen LogP contribution in [0.1, 0.15) is 12.5 Å². The van der Waals surface area contributed by atoms with E-state index in [9.17, 15) is 9.59 Å². The fourth-order valence-corrected chi connectivity index (χ4v) is 1.57. The average molecular weight is 233 g/mol. The standard InChI is InChI=1S/C9H13ClN2O3/c1-3-6-7(10)11-9(14)12(8(6)13)4-5-15-2/h3-5H2,1-2H3,(H,11,14). The van der Waals surface area contributed by atoms with Crippen molar-refractivity contribution in [2.24, 2.45) is 0 Å². The Balaban J connectivity index is 3.27. The predicted molar refractivity (Wildman–Crippen MR) is 57.6 cm³/mol. The minimum absolute atomic E-state index is 0.126. The molecule has 1 N–H and O–H groups in total. The van der Waals surface area contributed by atoms with E-state index in [0.29, 0.717) is 18.6 Å². The number of aromatic nitrogens is 2. The Morgan fingerprint density at radius 1 is 1.47 bits per heavy atom. The van der Waals surface area contributed by atoms with E-state index in [2.05, 4.69) is 4.98 Å². The molecule has 0 aromatic carbocycles. The van der Waals surface area contributed by atoms with Gasteiger partial charge in [-0.3, -0.25) is 14.3 Å². The highest BCUT2D eigenvalue weighted by Gasteiger charge is 2.10. The molecular weight excluding hydrogens is 220 g/mol. The van der Waals surface area contributed by atoms with Crippen LogP contribution in [0.3, 0.4) is 0 Å². The third kappa shape index (κ3) is 2.49. The molecule has 5 nitrogen and oxygen atoms in total. The molecule has 0 aliphatic heterocycles. The molecule has 0 unspecified atom stereocenters. The van der Waals surface area contributed by atoms with Crippen molar-refractivity contribution in [3.63, 3.8) is 0 Å². The summed E-state index contributed by atoms with van der Waals surface area (Å²) >= 11 is 5.74. The first-order valence-electron chi connectivity index (χ1n) is 4.62. The van der Waals surface area contributed by atoms with Crippen molar-refractivity contribution in [3.05, 3.63) is 31.6 Å². The van der Waals surface area contributed by atoms with Gasteiger partial charge in [-0.2, -0.15) is 0 Å². The van der Waals surface area contributed by atoms with Crippen LogP contribution in [-0.2, 0) is 17.7 Å². The van der Waals surface area contributed by atoms with Crippen molar-refractivity contribution in [1.82, 2.24) is 9.55 Å². The first-order chi connectivity index (χ1) is 7.11. The number of hydrogen-bond acceptors (Lipinski definition) is 3. The molecule has 0 atom stereocenters. The monoisotopic (exact) mass is 232 g/mol. The topological polar surface area (TPSA) is 64.1 Å². The van der Waals surface area contributed by atoms with Crippen LogP contribution in [0.15, 0.2) is 9.59 Å². The lowest BCUT2D eigenvalue weighted by molar-refractivity contribution is 0.184. The zero-order valence-corrected chi connectivity index (χ0v) is 9.43. The SMILES string of the molecule is CCc1c(Cl)[nH]c(=O)n(CCOC)c1=O. The van der Waals surface area contributed by atoms with Gasteiger partial charge in [-0.25, -0.2) is 4.79 Å². The largest absolute Gasteiger partial charge is 0.383 e. The maximum atomic E-state index is 11.8. The molecule has 15 heavy (non-hydrogen) atoms. The lowest BCUT2D eigenvalue weighted by Gasteiger charge is -2.06. The van der Waals surface area contributed by atoms with Gasteiger partial charge in [0.25, 0.3) is 5.56 Å². The molecule has 0 spiro atoms. The van der Waals surface area contributed by atoms with Crippen molar-refractivity contribution >= 4 is 11.6 Å². The van der Waals surface area contributed by atoms with Gasteiger partial charge in [0, 0.05) is 7.11 Å².